The quantitative estimate of drug-likeness (QED) is 0.477. The van der Waals surface area contributed by atoms with Gasteiger partial charge in [-0.15, -0.1) is 0 Å². The first-order valence-electron chi connectivity index (χ1n) is 3.95. The molecule has 0 unspecified atom stereocenters. The molecule has 0 aliphatic heterocycles. The van der Waals surface area contributed by atoms with E-state index in [1.807, 2.05) is 0 Å². The molecule has 2 rings (SSSR count). The Morgan fingerprint density at radius 2 is 2.47 bits per heavy atom. The van der Waals surface area contributed by atoms with Gasteiger partial charge in [0, 0.05) is 7.05 Å². The number of hydrogen-bond acceptors (Lipinski definition) is 5. The molecule has 0 radical (unpaired) electrons. The van der Waals surface area contributed by atoms with Crippen molar-refractivity contribution in [1.29, 1.82) is 0 Å². The zero-order valence-corrected chi connectivity index (χ0v) is 8.45. The number of nitro groups is 1. The van der Waals surface area contributed by atoms with Gasteiger partial charge in [-0.1, -0.05) is 0 Å². The molecule has 0 spiro atoms. The fourth-order valence-electron chi connectivity index (χ4n) is 1.16. The van der Waals surface area contributed by atoms with Crippen LogP contribution in [0.1, 0.15) is 0 Å². The minimum Gasteiger partial charge on any atom is -0.454 e. The first kappa shape index (κ1) is 9.59. The normalized spacial score (nSPS) is 10.5. The van der Waals surface area contributed by atoms with Crippen molar-refractivity contribution in [2.45, 2.75) is 0 Å². The summed E-state index contributed by atoms with van der Waals surface area (Å²) in [6.45, 7) is 0. The zero-order valence-electron chi connectivity index (χ0n) is 7.63. The van der Waals surface area contributed by atoms with E-state index in [2.05, 4.69) is 10.2 Å². The molecule has 0 bridgehead atoms. The number of furan rings is 1. The van der Waals surface area contributed by atoms with E-state index in [4.69, 9.17) is 16.6 Å². The molecule has 0 fully saturated rings. The van der Waals surface area contributed by atoms with Crippen molar-refractivity contribution in [2.24, 2.45) is 7.05 Å². The molecule has 15 heavy (non-hydrogen) atoms. The lowest BCUT2D eigenvalue weighted by molar-refractivity contribution is -0.384. The van der Waals surface area contributed by atoms with Gasteiger partial charge < -0.3 is 8.98 Å². The molecule has 78 valence electrons. The predicted molar refractivity (Wildman–Crippen MR) is 52.7 cm³/mol. The third-order valence-corrected chi connectivity index (χ3v) is 2.29. The maximum Gasteiger partial charge on any atom is 0.318 e. The molecule has 2 aromatic rings. The molecule has 2 aromatic heterocycles. The highest BCUT2D eigenvalue weighted by Gasteiger charge is 2.22. The van der Waals surface area contributed by atoms with Gasteiger partial charge in [0.05, 0.1) is 17.3 Å². The zero-order chi connectivity index (χ0) is 11.0. The minimum atomic E-state index is -0.531. The maximum absolute atomic E-state index is 10.6. The molecule has 0 atom stereocenters. The van der Waals surface area contributed by atoms with Gasteiger partial charge in [0.2, 0.25) is 11.6 Å². The van der Waals surface area contributed by atoms with Crippen molar-refractivity contribution >= 4 is 17.9 Å². The lowest BCUT2D eigenvalue weighted by atomic mass is 10.3. The summed E-state index contributed by atoms with van der Waals surface area (Å²) in [7, 11) is 1.65. The number of hydrogen-bond donors (Lipinski definition) is 1. The second-order valence-corrected chi connectivity index (χ2v) is 3.19. The Bertz CT molecular complexity index is 567. The number of H-pyrrole nitrogens is 1. The van der Waals surface area contributed by atoms with Crippen LogP contribution in [0.25, 0.3) is 11.6 Å². The van der Waals surface area contributed by atoms with Gasteiger partial charge in [0.15, 0.2) is 4.77 Å². The van der Waals surface area contributed by atoms with Crippen molar-refractivity contribution in [3.05, 3.63) is 27.2 Å². The van der Waals surface area contributed by atoms with Crippen LogP contribution in [-0.2, 0) is 7.05 Å². The second-order valence-electron chi connectivity index (χ2n) is 2.80. The summed E-state index contributed by atoms with van der Waals surface area (Å²) in [6.07, 6.45) is 1.24. The largest absolute Gasteiger partial charge is 0.454 e. The van der Waals surface area contributed by atoms with Crippen molar-refractivity contribution in [3.8, 4) is 11.6 Å². The SMILES string of the molecule is Cn1c(-c2occc2[N+](=O)[O-])n[nH]c1=S. The Morgan fingerprint density at radius 1 is 1.73 bits per heavy atom. The second kappa shape index (κ2) is 3.31. The van der Waals surface area contributed by atoms with Crippen LogP contribution in [0.2, 0.25) is 0 Å². The van der Waals surface area contributed by atoms with E-state index in [-0.39, 0.29) is 11.4 Å². The van der Waals surface area contributed by atoms with Crippen LogP contribution in [0.15, 0.2) is 16.7 Å². The van der Waals surface area contributed by atoms with Crippen LogP contribution in [0.3, 0.4) is 0 Å². The summed E-state index contributed by atoms with van der Waals surface area (Å²) in [4.78, 5) is 10.1. The van der Waals surface area contributed by atoms with Crippen molar-refractivity contribution in [3.63, 3.8) is 0 Å². The molecule has 8 heteroatoms. The van der Waals surface area contributed by atoms with E-state index in [9.17, 15) is 10.1 Å². The van der Waals surface area contributed by atoms with E-state index < -0.39 is 4.92 Å². The number of nitrogens with zero attached hydrogens (tertiary/aromatic N) is 3. The van der Waals surface area contributed by atoms with Crippen molar-refractivity contribution in [2.75, 3.05) is 0 Å². The monoisotopic (exact) mass is 226 g/mol. The van der Waals surface area contributed by atoms with Gasteiger partial charge in [-0.25, -0.2) is 0 Å². The molecule has 0 saturated heterocycles. The molecule has 0 saturated carbocycles. The van der Waals surface area contributed by atoms with Crippen LogP contribution in [0, 0.1) is 14.9 Å². The van der Waals surface area contributed by atoms with Crippen LogP contribution in [0.4, 0.5) is 5.69 Å². The van der Waals surface area contributed by atoms with E-state index >= 15 is 0 Å². The highest BCUT2D eigenvalue weighted by atomic mass is 32.1. The summed E-state index contributed by atoms with van der Waals surface area (Å²) in [5.41, 5.74) is -0.132. The summed E-state index contributed by atoms with van der Waals surface area (Å²) >= 11 is 4.89. The van der Waals surface area contributed by atoms with Gasteiger partial charge in [-0.3, -0.25) is 15.2 Å². The van der Waals surface area contributed by atoms with Crippen LogP contribution in [-0.4, -0.2) is 19.7 Å². The lowest BCUT2D eigenvalue weighted by Gasteiger charge is -1.95. The molecular weight excluding hydrogens is 220 g/mol. The number of aromatic amines is 1. The summed E-state index contributed by atoms with van der Waals surface area (Å²) < 4.78 is 6.89. The van der Waals surface area contributed by atoms with Crippen molar-refractivity contribution < 1.29 is 9.34 Å². The minimum absolute atomic E-state index is 0.0925. The Hall–Kier alpha value is -1.96. The molecule has 0 aliphatic rings. The van der Waals surface area contributed by atoms with E-state index in [1.54, 1.807) is 7.05 Å². The van der Waals surface area contributed by atoms with Crippen LogP contribution >= 0.6 is 12.2 Å². The maximum atomic E-state index is 10.6. The van der Waals surface area contributed by atoms with Gasteiger partial charge in [0.25, 0.3) is 0 Å². The lowest BCUT2D eigenvalue weighted by Crippen LogP contribution is -1.94. The fourth-order valence-corrected chi connectivity index (χ4v) is 1.30. The number of aromatic nitrogens is 3. The Kier molecular flexibility index (Phi) is 2.12. The third kappa shape index (κ3) is 1.44. The molecular formula is C7H6N4O3S. The van der Waals surface area contributed by atoms with Gasteiger partial charge >= 0.3 is 5.69 Å². The van der Waals surface area contributed by atoms with E-state index in [0.29, 0.717) is 10.6 Å². The predicted octanol–water partition coefficient (Wildman–Crippen LogP) is 1.65. The smallest absolute Gasteiger partial charge is 0.318 e. The first-order chi connectivity index (χ1) is 7.11. The molecule has 0 aliphatic carbocycles. The van der Waals surface area contributed by atoms with E-state index in [0.717, 1.165) is 0 Å². The molecule has 7 nitrogen and oxygen atoms in total. The molecule has 0 amide bonds. The molecule has 0 aromatic carbocycles. The number of rotatable bonds is 2. The van der Waals surface area contributed by atoms with Crippen molar-refractivity contribution in [1.82, 2.24) is 14.8 Å². The van der Waals surface area contributed by atoms with Crippen LogP contribution in [0.5, 0.6) is 0 Å². The summed E-state index contributed by atoms with van der Waals surface area (Å²) in [5, 5.41) is 17.0. The Labute approximate surface area is 88.5 Å². The van der Waals surface area contributed by atoms with Crippen LogP contribution < -0.4 is 0 Å². The highest BCUT2D eigenvalue weighted by molar-refractivity contribution is 7.71. The topological polar surface area (TPSA) is 89.9 Å². The Morgan fingerprint density at radius 3 is 3.00 bits per heavy atom. The highest BCUT2D eigenvalue weighted by Crippen LogP contribution is 2.28. The van der Waals surface area contributed by atoms with Gasteiger partial charge in [-0.2, -0.15) is 5.10 Å². The summed E-state index contributed by atoms with van der Waals surface area (Å²) in [6, 6.07) is 1.27. The van der Waals surface area contributed by atoms with E-state index in [1.165, 1.54) is 16.9 Å². The Balaban J connectivity index is 2.64. The fraction of sp³-hybridized carbons (Fsp3) is 0.143. The molecule has 2 heterocycles. The first-order valence-corrected chi connectivity index (χ1v) is 4.35. The standard InChI is InChI=1S/C7H6N4O3S/c1-10-6(8-9-7(10)15)5-4(11(12)13)2-3-14-5/h2-3H,1H3,(H,9,15). The number of nitrogens with one attached hydrogen (secondary N) is 1. The summed E-state index contributed by atoms with van der Waals surface area (Å²) in [5.74, 6) is 0.395. The third-order valence-electron chi connectivity index (χ3n) is 1.92. The molecule has 1 N–H and O–H groups in total. The average Bonchev–Trinajstić information content (AvgIpc) is 2.75. The van der Waals surface area contributed by atoms with Gasteiger partial charge in [-0.05, 0) is 12.2 Å². The van der Waals surface area contributed by atoms with Gasteiger partial charge in [0.1, 0.15) is 0 Å². The average molecular weight is 226 g/mol.